The maximum Gasteiger partial charge on any atom is 0.119 e. The van der Waals surface area contributed by atoms with Crippen molar-refractivity contribution in [1.82, 2.24) is 0 Å². The minimum absolute atomic E-state index is 0.321. The van der Waals surface area contributed by atoms with Crippen LogP contribution in [0.2, 0.25) is 0 Å². The van der Waals surface area contributed by atoms with Gasteiger partial charge in [-0.05, 0) is 93.7 Å². The molecule has 0 aromatic heterocycles. The molecule has 1 aliphatic heterocycles. The third-order valence-corrected chi connectivity index (χ3v) is 7.52. The van der Waals surface area contributed by atoms with E-state index >= 15 is 0 Å². The molecule has 4 aromatic carbocycles. The van der Waals surface area contributed by atoms with Gasteiger partial charge in [0.15, 0.2) is 0 Å². The normalized spacial score (nSPS) is 16.9. The first-order chi connectivity index (χ1) is 18.7. The van der Waals surface area contributed by atoms with Gasteiger partial charge in [0.1, 0.15) is 11.9 Å². The zero-order valence-electron chi connectivity index (χ0n) is 21.7. The van der Waals surface area contributed by atoms with Crippen molar-refractivity contribution in [3.05, 3.63) is 102 Å². The molecule has 0 saturated carbocycles. The average molecular weight is 502 g/mol. The zero-order chi connectivity index (χ0) is 25.9. The van der Waals surface area contributed by atoms with Crippen LogP contribution in [0, 0.1) is 11.3 Å². The van der Waals surface area contributed by atoms with Crippen LogP contribution < -0.4 is 4.74 Å². The van der Waals surface area contributed by atoms with Crippen molar-refractivity contribution in [3.8, 4) is 45.2 Å². The predicted molar refractivity (Wildman–Crippen MR) is 150 cm³/mol. The Morgan fingerprint density at radius 2 is 1.32 bits per heavy atom. The van der Waals surface area contributed by atoms with Crippen LogP contribution >= 0.6 is 0 Å². The lowest BCUT2D eigenvalue weighted by atomic mass is 9.94. The molecule has 2 unspecified atom stereocenters. The molecule has 4 nitrogen and oxygen atoms in total. The van der Waals surface area contributed by atoms with Crippen LogP contribution in [0.5, 0.6) is 5.75 Å². The van der Waals surface area contributed by atoms with E-state index in [1.807, 2.05) is 24.3 Å². The Kier molecular flexibility index (Phi) is 6.96. The Bertz CT molecular complexity index is 1460. The summed E-state index contributed by atoms with van der Waals surface area (Å²) in [4.78, 5) is 0. The Morgan fingerprint density at radius 1 is 0.763 bits per heavy atom. The second-order valence-corrected chi connectivity index (χ2v) is 10.1. The number of hydrogen-bond acceptors (Lipinski definition) is 4. The summed E-state index contributed by atoms with van der Waals surface area (Å²) in [6.07, 6.45) is 2.31. The molecule has 2 atom stereocenters. The Labute approximate surface area is 224 Å². The molecule has 190 valence electrons. The van der Waals surface area contributed by atoms with Crippen LogP contribution in [0.1, 0.15) is 42.4 Å². The summed E-state index contributed by atoms with van der Waals surface area (Å²) in [5.41, 5.74) is 10.8. The van der Waals surface area contributed by atoms with E-state index in [2.05, 4.69) is 73.7 Å². The minimum Gasteiger partial charge on any atom is -0.494 e. The van der Waals surface area contributed by atoms with E-state index in [0.717, 1.165) is 44.0 Å². The van der Waals surface area contributed by atoms with Crippen LogP contribution in [0.25, 0.3) is 33.4 Å². The van der Waals surface area contributed by atoms with Crippen molar-refractivity contribution in [2.24, 2.45) is 0 Å². The number of ether oxygens (including phenoxy) is 3. The van der Waals surface area contributed by atoms with Crippen molar-refractivity contribution >= 4 is 0 Å². The molecule has 0 N–H and O–H groups in total. The van der Waals surface area contributed by atoms with Crippen LogP contribution in [0.3, 0.4) is 0 Å². The summed E-state index contributed by atoms with van der Waals surface area (Å²) >= 11 is 0. The maximum atomic E-state index is 9.10. The topological polar surface area (TPSA) is 54.8 Å². The van der Waals surface area contributed by atoms with Gasteiger partial charge in [-0.15, -0.1) is 0 Å². The molecular formula is C34H31NO3. The number of nitrogens with zero attached hydrogens (tertiary/aromatic N) is 1. The van der Waals surface area contributed by atoms with Gasteiger partial charge >= 0.3 is 0 Å². The van der Waals surface area contributed by atoms with Crippen molar-refractivity contribution in [2.75, 3.05) is 26.4 Å². The molecule has 0 amide bonds. The first-order valence-corrected chi connectivity index (χ1v) is 13.4. The standard InChI is InChI=1S/C34H31NO3/c1-23-33-18-27(25-6-4-24(20-35)5-7-25)10-14-31(33)32-15-11-28(19-34(23)32)26-8-12-29(13-9-26)37-17-3-2-16-36-21-30-22-38-30/h4-15,18-19,23,30H,2-3,16-17,21-22H2,1H3. The van der Waals surface area contributed by atoms with E-state index in [4.69, 9.17) is 19.5 Å². The van der Waals surface area contributed by atoms with Gasteiger partial charge in [0, 0.05) is 12.5 Å². The van der Waals surface area contributed by atoms with Gasteiger partial charge in [0.2, 0.25) is 0 Å². The highest BCUT2D eigenvalue weighted by molar-refractivity contribution is 5.84. The fraction of sp³-hybridized carbons (Fsp3) is 0.265. The van der Waals surface area contributed by atoms with E-state index < -0.39 is 0 Å². The Morgan fingerprint density at radius 3 is 1.89 bits per heavy atom. The van der Waals surface area contributed by atoms with Crippen LogP contribution in [0.4, 0.5) is 0 Å². The smallest absolute Gasteiger partial charge is 0.119 e. The van der Waals surface area contributed by atoms with Crippen molar-refractivity contribution in [1.29, 1.82) is 5.26 Å². The molecule has 38 heavy (non-hydrogen) atoms. The van der Waals surface area contributed by atoms with Crippen LogP contribution in [-0.2, 0) is 9.47 Å². The Balaban J connectivity index is 1.10. The molecule has 4 aromatic rings. The van der Waals surface area contributed by atoms with Crippen LogP contribution in [0.15, 0.2) is 84.9 Å². The van der Waals surface area contributed by atoms with Crippen molar-refractivity contribution < 1.29 is 14.2 Å². The SMILES string of the molecule is CC1c2cc(-c3ccc(C#N)cc3)ccc2-c2ccc(-c3ccc(OCCCCOCC4CO4)cc3)cc21. The van der Waals surface area contributed by atoms with Gasteiger partial charge in [-0.2, -0.15) is 5.26 Å². The van der Waals surface area contributed by atoms with E-state index in [1.54, 1.807) is 0 Å². The maximum absolute atomic E-state index is 9.10. The number of epoxide rings is 1. The number of nitriles is 1. The van der Waals surface area contributed by atoms with Gasteiger partial charge in [-0.3, -0.25) is 0 Å². The highest BCUT2D eigenvalue weighted by Crippen LogP contribution is 2.47. The monoisotopic (exact) mass is 501 g/mol. The highest BCUT2D eigenvalue weighted by Gasteiger charge is 2.26. The molecule has 2 aliphatic rings. The van der Waals surface area contributed by atoms with Crippen molar-refractivity contribution in [2.45, 2.75) is 31.8 Å². The van der Waals surface area contributed by atoms with Gasteiger partial charge in [0.25, 0.3) is 0 Å². The lowest BCUT2D eigenvalue weighted by molar-refractivity contribution is 0.110. The number of hydrogen-bond donors (Lipinski definition) is 0. The molecule has 1 heterocycles. The fourth-order valence-electron chi connectivity index (χ4n) is 5.22. The van der Waals surface area contributed by atoms with E-state index in [1.165, 1.54) is 38.9 Å². The summed E-state index contributed by atoms with van der Waals surface area (Å²) < 4.78 is 16.7. The molecule has 4 heteroatoms. The average Bonchev–Trinajstić information content (AvgIpc) is 3.76. The number of rotatable bonds is 10. The Hall–Kier alpha value is -3.91. The molecule has 0 bridgehead atoms. The second kappa shape index (κ2) is 10.8. The van der Waals surface area contributed by atoms with Gasteiger partial charge in [-0.1, -0.05) is 55.5 Å². The van der Waals surface area contributed by atoms with Crippen molar-refractivity contribution in [3.63, 3.8) is 0 Å². The zero-order valence-corrected chi connectivity index (χ0v) is 21.7. The third kappa shape index (κ3) is 5.22. The number of unbranched alkanes of at least 4 members (excludes halogenated alkanes) is 1. The fourth-order valence-corrected chi connectivity index (χ4v) is 5.22. The highest BCUT2D eigenvalue weighted by atomic mass is 16.6. The summed E-state index contributed by atoms with van der Waals surface area (Å²) in [5, 5.41) is 9.10. The predicted octanol–water partition coefficient (Wildman–Crippen LogP) is 7.60. The molecule has 0 radical (unpaired) electrons. The molecule has 1 saturated heterocycles. The molecular weight excluding hydrogens is 470 g/mol. The number of benzene rings is 4. The number of fused-ring (bicyclic) bond motifs is 3. The minimum atomic E-state index is 0.321. The molecule has 6 rings (SSSR count). The first kappa shape index (κ1) is 24.4. The lowest BCUT2D eigenvalue weighted by Gasteiger charge is -2.11. The van der Waals surface area contributed by atoms with E-state index in [0.29, 0.717) is 24.2 Å². The van der Waals surface area contributed by atoms with E-state index in [9.17, 15) is 0 Å². The molecule has 0 spiro atoms. The van der Waals surface area contributed by atoms with Crippen LogP contribution in [-0.4, -0.2) is 32.5 Å². The quantitative estimate of drug-likeness (QED) is 0.166. The largest absolute Gasteiger partial charge is 0.494 e. The summed E-state index contributed by atoms with van der Waals surface area (Å²) in [6.45, 7) is 5.31. The first-order valence-electron chi connectivity index (χ1n) is 13.4. The van der Waals surface area contributed by atoms with Gasteiger partial charge in [-0.25, -0.2) is 0 Å². The summed E-state index contributed by atoms with van der Waals surface area (Å²) in [5.74, 6) is 1.22. The van der Waals surface area contributed by atoms with Gasteiger partial charge in [0.05, 0.1) is 31.5 Å². The summed E-state index contributed by atoms with van der Waals surface area (Å²) in [7, 11) is 0. The third-order valence-electron chi connectivity index (χ3n) is 7.52. The molecule has 1 aliphatic carbocycles. The van der Waals surface area contributed by atoms with E-state index in [-0.39, 0.29) is 0 Å². The van der Waals surface area contributed by atoms with Gasteiger partial charge < -0.3 is 14.2 Å². The molecule has 1 fully saturated rings. The lowest BCUT2D eigenvalue weighted by Crippen LogP contribution is -2.04. The summed E-state index contributed by atoms with van der Waals surface area (Å²) in [6, 6.07) is 32.0. The second-order valence-electron chi connectivity index (χ2n) is 10.1.